The first-order valence-electron chi connectivity index (χ1n) is 5.60. The highest BCUT2D eigenvalue weighted by Gasteiger charge is 2.17. The topological polar surface area (TPSA) is 0 Å². The smallest absolute Gasteiger partial charge is 0.0319 e. The minimum atomic E-state index is 1.02. The van der Waals surface area contributed by atoms with Crippen LogP contribution in [0.1, 0.15) is 51.4 Å². The molecule has 0 atom stereocenters. The molecule has 0 spiro atoms. The molecule has 0 aromatic carbocycles. The van der Waals surface area contributed by atoms with Crippen molar-refractivity contribution < 1.29 is 0 Å². The maximum Gasteiger partial charge on any atom is -0.0319 e. The van der Waals surface area contributed by atoms with Crippen LogP contribution in [0, 0.1) is 11.8 Å². The standard InChI is InChI=1S/C12H20/c1-2-6-11(5-1)9-10-12-7-3-4-8-12/h1-2,11-12H,3-10H2. The van der Waals surface area contributed by atoms with Gasteiger partial charge in [0.1, 0.15) is 0 Å². The molecule has 0 aliphatic heterocycles. The third-order valence-electron chi connectivity index (χ3n) is 3.56. The lowest BCUT2D eigenvalue weighted by Crippen LogP contribution is -1.99. The van der Waals surface area contributed by atoms with Gasteiger partial charge in [0, 0.05) is 0 Å². The summed E-state index contributed by atoms with van der Waals surface area (Å²) in [7, 11) is 0. The highest BCUT2D eigenvalue weighted by atomic mass is 14.2. The molecule has 1 saturated carbocycles. The lowest BCUT2D eigenvalue weighted by Gasteiger charge is -2.12. The molecule has 0 bridgehead atoms. The minimum absolute atomic E-state index is 1.02. The van der Waals surface area contributed by atoms with Gasteiger partial charge in [-0.2, -0.15) is 0 Å². The van der Waals surface area contributed by atoms with E-state index in [4.69, 9.17) is 0 Å². The summed E-state index contributed by atoms with van der Waals surface area (Å²) in [5.74, 6) is 2.12. The van der Waals surface area contributed by atoms with E-state index in [1.54, 1.807) is 0 Å². The predicted octanol–water partition coefficient (Wildman–Crippen LogP) is 3.92. The first kappa shape index (κ1) is 8.34. The van der Waals surface area contributed by atoms with Gasteiger partial charge in [0.25, 0.3) is 0 Å². The lowest BCUT2D eigenvalue weighted by atomic mass is 9.93. The summed E-state index contributed by atoms with van der Waals surface area (Å²) >= 11 is 0. The van der Waals surface area contributed by atoms with Gasteiger partial charge in [0.05, 0.1) is 0 Å². The first-order chi connectivity index (χ1) is 5.95. The normalized spacial score (nSPS) is 25.7. The van der Waals surface area contributed by atoms with Crippen LogP contribution in [0.25, 0.3) is 0 Å². The molecule has 0 N–H and O–H groups in total. The van der Waals surface area contributed by atoms with E-state index < -0.39 is 0 Å². The van der Waals surface area contributed by atoms with E-state index in [0.717, 1.165) is 11.8 Å². The molecular formula is C12H20. The van der Waals surface area contributed by atoms with Crippen molar-refractivity contribution in [1.29, 1.82) is 0 Å². The summed E-state index contributed by atoms with van der Waals surface area (Å²) in [4.78, 5) is 0. The Morgan fingerprint density at radius 1 is 0.833 bits per heavy atom. The van der Waals surface area contributed by atoms with Gasteiger partial charge in [0.15, 0.2) is 0 Å². The highest BCUT2D eigenvalue weighted by Crippen LogP contribution is 2.32. The SMILES string of the molecule is C1=CCC(CCC2CCCC2)C1. The second-order valence-electron chi connectivity index (χ2n) is 4.54. The summed E-state index contributed by atoms with van der Waals surface area (Å²) in [6.07, 6.45) is 16.5. The molecule has 1 fully saturated rings. The summed E-state index contributed by atoms with van der Waals surface area (Å²) < 4.78 is 0. The molecule has 2 aliphatic rings. The highest BCUT2D eigenvalue weighted by molar-refractivity contribution is 4.94. The Morgan fingerprint density at radius 2 is 1.42 bits per heavy atom. The number of allylic oxidation sites excluding steroid dienone is 2. The molecule has 0 amide bonds. The molecule has 0 heterocycles. The fourth-order valence-corrected chi connectivity index (χ4v) is 2.68. The van der Waals surface area contributed by atoms with Crippen LogP contribution in [0.2, 0.25) is 0 Å². The number of hydrogen-bond acceptors (Lipinski definition) is 0. The van der Waals surface area contributed by atoms with Crippen LogP contribution in [0.3, 0.4) is 0 Å². The van der Waals surface area contributed by atoms with Crippen molar-refractivity contribution in [2.75, 3.05) is 0 Å². The second-order valence-corrected chi connectivity index (χ2v) is 4.54. The van der Waals surface area contributed by atoms with Gasteiger partial charge in [0.2, 0.25) is 0 Å². The van der Waals surface area contributed by atoms with Gasteiger partial charge in [-0.25, -0.2) is 0 Å². The van der Waals surface area contributed by atoms with Crippen molar-refractivity contribution in [2.24, 2.45) is 11.8 Å². The molecule has 68 valence electrons. The molecule has 2 aliphatic carbocycles. The van der Waals surface area contributed by atoms with Crippen LogP contribution in [0.5, 0.6) is 0 Å². The monoisotopic (exact) mass is 164 g/mol. The Labute approximate surface area is 76.1 Å². The molecule has 2 rings (SSSR count). The molecule has 0 aromatic heterocycles. The van der Waals surface area contributed by atoms with Crippen molar-refractivity contribution in [3.05, 3.63) is 12.2 Å². The van der Waals surface area contributed by atoms with Crippen LogP contribution in [-0.4, -0.2) is 0 Å². The Kier molecular flexibility index (Phi) is 2.86. The average molecular weight is 164 g/mol. The van der Waals surface area contributed by atoms with E-state index in [0.29, 0.717) is 0 Å². The Bertz CT molecular complexity index is 141. The fraction of sp³-hybridized carbons (Fsp3) is 0.833. The molecule has 0 aromatic rings. The summed E-state index contributed by atoms with van der Waals surface area (Å²) in [5.41, 5.74) is 0. The van der Waals surface area contributed by atoms with Gasteiger partial charge in [-0.15, -0.1) is 0 Å². The van der Waals surface area contributed by atoms with Crippen molar-refractivity contribution in [3.63, 3.8) is 0 Å². The fourth-order valence-electron chi connectivity index (χ4n) is 2.68. The van der Waals surface area contributed by atoms with Crippen LogP contribution in [0.15, 0.2) is 12.2 Å². The molecular weight excluding hydrogens is 144 g/mol. The van der Waals surface area contributed by atoms with E-state index in [2.05, 4.69) is 12.2 Å². The van der Waals surface area contributed by atoms with Crippen LogP contribution in [0.4, 0.5) is 0 Å². The molecule has 0 unspecified atom stereocenters. The third kappa shape index (κ3) is 2.12. The maximum atomic E-state index is 2.36. The lowest BCUT2D eigenvalue weighted by molar-refractivity contribution is 0.410. The zero-order valence-electron chi connectivity index (χ0n) is 7.97. The number of hydrogen-bond donors (Lipinski definition) is 0. The molecule has 0 heteroatoms. The zero-order valence-corrected chi connectivity index (χ0v) is 7.97. The third-order valence-corrected chi connectivity index (χ3v) is 3.56. The molecule has 0 nitrogen and oxygen atoms in total. The van der Waals surface area contributed by atoms with Crippen molar-refractivity contribution in [2.45, 2.75) is 51.4 Å². The zero-order chi connectivity index (χ0) is 8.23. The summed E-state index contributed by atoms with van der Waals surface area (Å²) in [5, 5.41) is 0. The van der Waals surface area contributed by atoms with Gasteiger partial charge >= 0.3 is 0 Å². The summed E-state index contributed by atoms with van der Waals surface area (Å²) in [6.45, 7) is 0. The Balaban J connectivity index is 1.61. The van der Waals surface area contributed by atoms with Gasteiger partial charge in [-0.05, 0) is 31.1 Å². The van der Waals surface area contributed by atoms with Gasteiger partial charge < -0.3 is 0 Å². The average Bonchev–Trinajstić information content (AvgIpc) is 2.74. The van der Waals surface area contributed by atoms with Crippen molar-refractivity contribution in [1.82, 2.24) is 0 Å². The van der Waals surface area contributed by atoms with E-state index >= 15 is 0 Å². The quantitative estimate of drug-likeness (QED) is 0.554. The Morgan fingerprint density at radius 3 is 2.08 bits per heavy atom. The predicted molar refractivity (Wildman–Crippen MR) is 53.1 cm³/mol. The van der Waals surface area contributed by atoms with Crippen molar-refractivity contribution in [3.8, 4) is 0 Å². The molecule has 0 radical (unpaired) electrons. The largest absolute Gasteiger partial charge is 0.0882 e. The van der Waals surface area contributed by atoms with E-state index in [1.165, 1.54) is 51.4 Å². The molecule has 0 saturated heterocycles. The van der Waals surface area contributed by atoms with Gasteiger partial charge in [-0.1, -0.05) is 44.3 Å². The molecule has 12 heavy (non-hydrogen) atoms. The van der Waals surface area contributed by atoms with Gasteiger partial charge in [-0.3, -0.25) is 0 Å². The van der Waals surface area contributed by atoms with E-state index in [-0.39, 0.29) is 0 Å². The van der Waals surface area contributed by atoms with E-state index in [9.17, 15) is 0 Å². The Hall–Kier alpha value is -0.260. The summed E-state index contributed by atoms with van der Waals surface area (Å²) in [6, 6.07) is 0. The maximum absolute atomic E-state index is 2.36. The van der Waals surface area contributed by atoms with Crippen molar-refractivity contribution >= 4 is 0 Å². The van der Waals surface area contributed by atoms with Crippen LogP contribution >= 0.6 is 0 Å². The minimum Gasteiger partial charge on any atom is -0.0882 e. The van der Waals surface area contributed by atoms with Crippen LogP contribution < -0.4 is 0 Å². The number of rotatable bonds is 3. The first-order valence-corrected chi connectivity index (χ1v) is 5.60. The van der Waals surface area contributed by atoms with E-state index in [1.807, 2.05) is 0 Å². The second kappa shape index (κ2) is 4.11. The van der Waals surface area contributed by atoms with Crippen LogP contribution in [-0.2, 0) is 0 Å².